The summed E-state index contributed by atoms with van der Waals surface area (Å²) in [6.45, 7) is 0.602. The second-order valence-electron chi connectivity index (χ2n) is 3.63. The summed E-state index contributed by atoms with van der Waals surface area (Å²) in [4.78, 5) is 15.5. The van der Waals surface area contributed by atoms with Gasteiger partial charge in [-0.2, -0.15) is 0 Å². The van der Waals surface area contributed by atoms with Crippen LogP contribution in [-0.2, 0) is 11.3 Å². The minimum Gasteiger partial charge on any atom is -0.465 e. The molecular weight excluding hydrogens is 250 g/mol. The maximum Gasteiger partial charge on any atom is 0.337 e. The topological polar surface area (TPSA) is 77.2 Å². The van der Waals surface area contributed by atoms with E-state index in [4.69, 9.17) is 5.73 Å². The van der Waals surface area contributed by atoms with Crippen molar-refractivity contribution in [2.24, 2.45) is 0 Å². The van der Waals surface area contributed by atoms with Crippen LogP contribution in [0.4, 0.5) is 11.4 Å². The lowest BCUT2D eigenvalue weighted by molar-refractivity contribution is 0.0601. The number of nitrogen functional groups attached to an aromatic ring is 1. The van der Waals surface area contributed by atoms with Gasteiger partial charge in [0.2, 0.25) is 0 Å². The van der Waals surface area contributed by atoms with Crippen LogP contribution in [0.2, 0.25) is 0 Å². The van der Waals surface area contributed by atoms with Crippen LogP contribution in [0.3, 0.4) is 0 Å². The van der Waals surface area contributed by atoms with E-state index in [1.165, 1.54) is 7.11 Å². The standard InChI is InChI=1S/C12H13N3O2S/c1-17-12(16)8-2-3-11(10(13)4-8)14-5-9-6-18-7-15-9/h2-4,6-7,14H,5,13H2,1H3. The van der Waals surface area contributed by atoms with E-state index in [-0.39, 0.29) is 0 Å². The Bertz CT molecular complexity index is 540. The average molecular weight is 263 g/mol. The minimum atomic E-state index is -0.396. The predicted molar refractivity (Wildman–Crippen MR) is 71.6 cm³/mol. The van der Waals surface area contributed by atoms with E-state index in [2.05, 4.69) is 15.0 Å². The first kappa shape index (κ1) is 12.4. The third-order valence-electron chi connectivity index (χ3n) is 2.42. The Labute approximate surface area is 109 Å². The molecule has 0 bridgehead atoms. The van der Waals surface area contributed by atoms with Crippen molar-refractivity contribution >= 4 is 28.7 Å². The van der Waals surface area contributed by atoms with Crippen LogP contribution in [0.25, 0.3) is 0 Å². The Kier molecular flexibility index (Phi) is 3.78. The zero-order chi connectivity index (χ0) is 13.0. The summed E-state index contributed by atoms with van der Waals surface area (Å²) in [5.41, 5.74) is 10.3. The highest BCUT2D eigenvalue weighted by Gasteiger charge is 2.08. The number of ether oxygens (including phenoxy) is 1. The van der Waals surface area contributed by atoms with Gasteiger partial charge in [0.25, 0.3) is 0 Å². The van der Waals surface area contributed by atoms with Crippen molar-refractivity contribution in [3.8, 4) is 0 Å². The van der Waals surface area contributed by atoms with E-state index in [0.29, 0.717) is 17.8 Å². The number of carbonyl (C=O) groups excluding carboxylic acids is 1. The van der Waals surface area contributed by atoms with Crippen LogP contribution in [0.1, 0.15) is 16.1 Å². The molecule has 18 heavy (non-hydrogen) atoms. The van der Waals surface area contributed by atoms with Gasteiger partial charge in [0.05, 0.1) is 41.8 Å². The second-order valence-corrected chi connectivity index (χ2v) is 4.35. The van der Waals surface area contributed by atoms with Crippen molar-refractivity contribution in [2.75, 3.05) is 18.2 Å². The molecule has 94 valence electrons. The molecule has 0 radical (unpaired) electrons. The summed E-state index contributed by atoms with van der Waals surface area (Å²) in [5.74, 6) is -0.396. The molecule has 0 atom stereocenters. The van der Waals surface area contributed by atoms with Gasteiger partial charge in [-0.05, 0) is 18.2 Å². The maximum absolute atomic E-state index is 11.3. The first-order valence-corrected chi connectivity index (χ1v) is 6.24. The number of anilines is 2. The van der Waals surface area contributed by atoms with Gasteiger partial charge < -0.3 is 15.8 Å². The lowest BCUT2D eigenvalue weighted by Gasteiger charge is -2.09. The van der Waals surface area contributed by atoms with Gasteiger partial charge in [-0.1, -0.05) is 0 Å². The Morgan fingerprint density at radius 2 is 2.39 bits per heavy atom. The van der Waals surface area contributed by atoms with Crippen LogP contribution in [-0.4, -0.2) is 18.1 Å². The van der Waals surface area contributed by atoms with Gasteiger partial charge in [0.1, 0.15) is 0 Å². The van der Waals surface area contributed by atoms with Gasteiger partial charge in [-0.25, -0.2) is 9.78 Å². The number of esters is 1. The molecule has 0 spiro atoms. The first-order valence-electron chi connectivity index (χ1n) is 5.29. The summed E-state index contributed by atoms with van der Waals surface area (Å²) >= 11 is 1.54. The average Bonchev–Trinajstić information content (AvgIpc) is 2.89. The van der Waals surface area contributed by atoms with Crippen LogP contribution >= 0.6 is 11.3 Å². The molecule has 1 aromatic heterocycles. The Morgan fingerprint density at radius 1 is 1.56 bits per heavy atom. The van der Waals surface area contributed by atoms with E-state index in [0.717, 1.165) is 11.4 Å². The molecule has 1 aromatic carbocycles. The summed E-state index contributed by atoms with van der Waals surface area (Å²) in [6.07, 6.45) is 0. The fourth-order valence-electron chi connectivity index (χ4n) is 1.48. The highest BCUT2D eigenvalue weighted by atomic mass is 32.1. The smallest absolute Gasteiger partial charge is 0.337 e. The van der Waals surface area contributed by atoms with Gasteiger partial charge in [0, 0.05) is 5.38 Å². The number of hydrogen-bond donors (Lipinski definition) is 2. The Hall–Kier alpha value is -2.08. The quantitative estimate of drug-likeness (QED) is 0.652. The lowest BCUT2D eigenvalue weighted by Crippen LogP contribution is -2.06. The van der Waals surface area contributed by atoms with Crippen molar-refractivity contribution in [3.63, 3.8) is 0 Å². The highest BCUT2D eigenvalue weighted by Crippen LogP contribution is 2.21. The number of nitrogens with zero attached hydrogens (tertiary/aromatic N) is 1. The van der Waals surface area contributed by atoms with E-state index in [1.54, 1.807) is 35.0 Å². The highest BCUT2D eigenvalue weighted by molar-refractivity contribution is 7.07. The number of carbonyl (C=O) groups is 1. The molecule has 0 unspecified atom stereocenters. The lowest BCUT2D eigenvalue weighted by atomic mass is 10.1. The molecule has 0 saturated heterocycles. The molecule has 0 aliphatic carbocycles. The SMILES string of the molecule is COC(=O)c1ccc(NCc2cscn2)c(N)c1. The summed E-state index contributed by atoms with van der Waals surface area (Å²) < 4.78 is 4.63. The summed E-state index contributed by atoms with van der Waals surface area (Å²) in [5, 5.41) is 5.13. The normalized spacial score (nSPS) is 10.1. The minimum absolute atomic E-state index is 0.396. The number of aromatic nitrogens is 1. The van der Waals surface area contributed by atoms with E-state index < -0.39 is 5.97 Å². The van der Waals surface area contributed by atoms with Gasteiger partial charge >= 0.3 is 5.97 Å². The van der Waals surface area contributed by atoms with Crippen LogP contribution in [0.15, 0.2) is 29.1 Å². The molecule has 3 N–H and O–H groups in total. The fourth-order valence-corrected chi connectivity index (χ4v) is 2.04. The Balaban J connectivity index is 2.08. The monoisotopic (exact) mass is 263 g/mol. The number of nitrogens with one attached hydrogen (secondary N) is 1. The number of nitrogens with two attached hydrogens (primary N) is 1. The number of hydrogen-bond acceptors (Lipinski definition) is 6. The molecule has 0 aliphatic rings. The van der Waals surface area contributed by atoms with Crippen molar-refractivity contribution in [2.45, 2.75) is 6.54 Å². The van der Waals surface area contributed by atoms with Crippen LogP contribution < -0.4 is 11.1 Å². The number of thiazole rings is 1. The molecule has 5 nitrogen and oxygen atoms in total. The second kappa shape index (κ2) is 5.50. The number of benzene rings is 1. The van der Waals surface area contributed by atoms with E-state index in [9.17, 15) is 4.79 Å². The molecule has 2 aromatic rings. The fraction of sp³-hybridized carbons (Fsp3) is 0.167. The molecule has 2 rings (SSSR count). The van der Waals surface area contributed by atoms with Gasteiger partial charge in [-0.15, -0.1) is 11.3 Å². The van der Waals surface area contributed by atoms with E-state index in [1.807, 2.05) is 5.38 Å². The third kappa shape index (κ3) is 2.78. The molecule has 0 saturated carbocycles. The maximum atomic E-state index is 11.3. The number of rotatable bonds is 4. The zero-order valence-electron chi connectivity index (χ0n) is 9.84. The number of methoxy groups -OCH3 is 1. The largest absolute Gasteiger partial charge is 0.465 e. The molecule has 0 fully saturated rings. The Morgan fingerprint density at radius 3 is 3.00 bits per heavy atom. The van der Waals surface area contributed by atoms with Crippen molar-refractivity contribution < 1.29 is 9.53 Å². The van der Waals surface area contributed by atoms with Gasteiger partial charge in [0.15, 0.2) is 0 Å². The molecule has 0 amide bonds. The summed E-state index contributed by atoms with van der Waals surface area (Å²) in [7, 11) is 1.34. The zero-order valence-corrected chi connectivity index (χ0v) is 10.7. The summed E-state index contributed by atoms with van der Waals surface area (Å²) in [6, 6.07) is 5.02. The van der Waals surface area contributed by atoms with Crippen molar-refractivity contribution in [1.82, 2.24) is 4.98 Å². The third-order valence-corrected chi connectivity index (χ3v) is 3.05. The van der Waals surface area contributed by atoms with Crippen molar-refractivity contribution in [3.05, 3.63) is 40.3 Å². The molecule has 0 aliphatic heterocycles. The van der Waals surface area contributed by atoms with Crippen LogP contribution in [0, 0.1) is 0 Å². The predicted octanol–water partition coefficient (Wildman–Crippen LogP) is 2.12. The van der Waals surface area contributed by atoms with E-state index >= 15 is 0 Å². The molecular formula is C12H13N3O2S. The molecule has 6 heteroatoms. The van der Waals surface area contributed by atoms with Crippen LogP contribution in [0.5, 0.6) is 0 Å². The van der Waals surface area contributed by atoms with Crippen molar-refractivity contribution in [1.29, 1.82) is 0 Å². The first-order chi connectivity index (χ1) is 8.70. The molecule has 1 heterocycles. The van der Waals surface area contributed by atoms with Gasteiger partial charge in [-0.3, -0.25) is 0 Å².